The molecule has 31 heavy (non-hydrogen) atoms. The van der Waals surface area contributed by atoms with E-state index in [0.29, 0.717) is 11.3 Å². The predicted octanol–water partition coefficient (Wildman–Crippen LogP) is 3.58. The number of hydrogen-bond donors (Lipinski definition) is 1. The quantitative estimate of drug-likeness (QED) is 0.657. The third-order valence-electron chi connectivity index (χ3n) is 4.61. The maximum absolute atomic E-state index is 12.9. The van der Waals surface area contributed by atoms with Crippen molar-refractivity contribution in [3.8, 4) is 5.75 Å². The maximum atomic E-state index is 12.9. The zero-order chi connectivity index (χ0) is 22.2. The van der Waals surface area contributed by atoms with Gasteiger partial charge in [0.2, 0.25) is 5.82 Å². The van der Waals surface area contributed by atoms with Crippen LogP contribution in [0.25, 0.3) is 10.9 Å². The van der Waals surface area contributed by atoms with E-state index in [2.05, 4.69) is 15.4 Å². The van der Waals surface area contributed by atoms with Gasteiger partial charge in [0.1, 0.15) is 11.1 Å². The Kier molecular flexibility index (Phi) is 5.44. The molecule has 4 rings (SSSR count). The molecule has 11 heteroatoms. The highest BCUT2D eigenvalue weighted by atomic mass is 32.2. The lowest BCUT2D eigenvalue weighted by molar-refractivity contribution is -0.137. The van der Waals surface area contributed by atoms with Crippen LogP contribution in [-0.4, -0.2) is 39.7 Å². The number of rotatable bonds is 4. The van der Waals surface area contributed by atoms with Crippen molar-refractivity contribution in [2.75, 3.05) is 12.9 Å². The van der Waals surface area contributed by atoms with Crippen LogP contribution in [0.3, 0.4) is 0 Å². The van der Waals surface area contributed by atoms with Crippen LogP contribution in [0, 0.1) is 0 Å². The van der Waals surface area contributed by atoms with Crippen molar-refractivity contribution in [2.24, 2.45) is 0 Å². The number of aromatic nitrogens is 2. The molecule has 1 aliphatic heterocycles. The number of hydrazine groups is 1. The van der Waals surface area contributed by atoms with Crippen LogP contribution < -0.4 is 10.2 Å². The minimum absolute atomic E-state index is 0.145. The molecule has 1 atom stereocenters. The Morgan fingerprint density at radius 3 is 2.77 bits per heavy atom. The average molecular weight is 448 g/mol. The van der Waals surface area contributed by atoms with Crippen molar-refractivity contribution in [3.63, 3.8) is 0 Å². The summed E-state index contributed by atoms with van der Waals surface area (Å²) in [5.74, 6) is -0.614. The first-order chi connectivity index (χ1) is 14.8. The summed E-state index contributed by atoms with van der Waals surface area (Å²) < 4.78 is 43.9. The molecule has 1 aliphatic rings. The fraction of sp³-hybridized carbons (Fsp3) is 0.200. The molecule has 2 heterocycles. The van der Waals surface area contributed by atoms with Gasteiger partial charge in [0, 0.05) is 17.1 Å². The highest BCUT2D eigenvalue weighted by Crippen LogP contribution is 2.41. The number of nitrogens with zero attached hydrogens (tertiary/aromatic N) is 3. The largest absolute Gasteiger partial charge is 0.496 e. The molecule has 0 bridgehead atoms. The van der Waals surface area contributed by atoms with Gasteiger partial charge in [0.25, 0.3) is 5.91 Å². The van der Waals surface area contributed by atoms with E-state index in [1.54, 1.807) is 24.3 Å². The number of hydrogen-bond acceptors (Lipinski definition) is 6. The third-order valence-corrected chi connectivity index (χ3v) is 5.80. The van der Waals surface area contributed by atoms with Crippen LogP contribution in [0.2, 0.25) is 0 Å². The molecule has 7 nitrogen and oxygen atoms in total. The van der Waals surface area contributed by atoms with Crippen molar-refractivity contribution in [2.45, 2.75) is 11.6 Å². The first-order valence-electron chi connectivity index (χ1n) is 8.99. The highest BCUT2D eigenvalue weighted by Gasteiger charge is 2.36. The van der Waals surface area contributed by atoms with Crippen LogP contribution in [0.1, 0.15) is 27.1 Å². The van der Waals surface area contributed by atoms with Crippen LogP contribution in [0.15, 0.2) is 48.7 Å². The minimum Gasteiger partial charge on any atom is -0.496 e. The standard InChI is InChI=1S/C20H15F3N4O3S/c1-30-15-5-3-2-4-13(15)19-27(16(28)10-31-19)26-18(29)17-24-9-11-8-12(20(21,22)23)6-7-14(11)25-17/h2-9,19H,10H2,1H3,(H,26,29). The van der Waals surface area contributed by atoms with Gasteiger partial charge in [0.15, 0.2) is 0 Å². The number of carbonyl (C=O) groups is 2. The van der Waals surface area contributed by atoms with Gasteiger partial charge in [-0.05, 0) is 24.3 Å². The number of nitrogens with one attached hydrogen (secondary N) is 1. The SMILES string of the molecule is COc1ccccc1C1SCC(=O)N1NC(=O)c1ncc2cc(C(F)(F)F)ccc2n1. The van der Waals surface area contributed by atoms with Gasteiger partial charge in [-0.15, -0.1) is 11.8 Å². The second-order valence-corrected chi connectivity index (χ2v) is 7.64. The summed E-state index contributed by atoms with van der Waals surface area (Å²) in [6.45, 7) is 0. The van der Waals surface area contributed by atoms with Gasteiger partial charge in [0.05, 0.1) is 23.9 Å². The van der Waals surface area contributed by atoms with Crippen LogP contribution in [0.5, 0.6) is 5.75 Å². The topological polar surface area (TPSA) is 84.4 Å². The second kappa shape index (κ2) is 8.06. The summed E-state index contributed by atoms with van der Waals surface area (Å²) in [5.41, 5.74) is 2.56. The zero-order valence-corrected chi connectivity index (χ0v) is 16.8. The van der Waals surface area contributed by atoms with Crippen molar-refractivity contribution < 1.29 is 27.5 Å². The first kappa shape index (κ1) is 20.9. The van der Waals surface area contributed by atoms with Crippen molar-refractivity contribution in [3.05, 3.63) is 65.6 Å². The summed E-state index contributed by atoms with van der Waals surface area (Å²) in [6, 6.07) is 10.1. The minimum atomic E-state index is -4.49. The molecule has 0 saturated carbocycles. The molecular formula is C20H15F3N4O3S. The molecule has 1 N–H and O–H groups in total. The van der Waals surface area contributed by atoms with E-state index in [1.165, 1.54) is 29.9 Å². The molecule has 1 unspecified atom stereocenters. The van der Waals surface area contributed by atoms with Gasteiger partial charge in [-0.1, -0.05) is 18.2 Å². The molecule has 1 saturated heterocycles. The number of carbonyl (C=O) groups excluding carboxylic acids is 2. The Hall–Kier alpha value is -3.34. The molecule has 1 fully saturated rings. The summed E-state index contributed by atoms with van der Waals surface area (Å²) in [5, 5.41) is 0.819. The number of benzene rings is 2. The van der Waals surface area contributed by atoms with Crippen LogP contribution in [0.4, 0.5) is 13.2 Å². The molecule has 2 aromatic carbocycles. The molecule has 3 aromatic rings. The number of halogens is 3. The summed E-state index contributed by atoms with van der Waals surface area (Å²) >= 11 is 1.32. The highest BCUT2D eigenvalue weighted by molar-refractivity contribution is 8.00. The number of fused-ring (bicyclic) bond motifs is 1. The van der Waals surface area contributed by atoms with Gasteiger partial charge in [-0.25, -0.2) is 15.0 Å². The fourth-order valence-electron chi connectivity index (χ4n) is 3.12. The molecule has 1 aromatic heterocycles. The van der Waals surface area contributed by atoms with Crippen molar-refractivity contribution in [1.82, 2.24) is 20.4 Å². The molecule has 160 valence electrons. The Morgan fingerprint density at radius 2 is 2.03 bits per heavy atom. The van der Waals surface area contributed by atoms with E-state index in [4.69, 9.17) is 4.74 Å². The summed E-state index contributed by atoms with van der Waals surface area (Å²) in [7, 11) is 1.51. The lowest BCUT2D eigenvalue weighted by Crippen LogP contribution is -2.45. The van der Waals surface area contributed by atoms with Gasteiger partial charge >= 0.3 is 12.1 Å². The Morgan fingerprint density at radius 1 is 1.26 bits per heavy atom. The van der Waals surface area contributed by atoms with E-state index in [9.17, 15) is 22.8 Å². The lowest BCUT2D eigenvalue weighted by atomic mass is 10.1. The number of ether oxygens (including phenoxy) is 1. The molecular weight excluding hydrogens is 433 g/mol. The van der Waals surface area contributed by atoms with E-state index in [0.717, 1.165) is 18.3 Å². The molecule has 2 amide bonds. The van der Waals surface area contributed by atoms with E-state index in [-0.39, 0.29) is 28.4 Å². The number of para-hydroxylation sites is 1. The Bertz CT molecular complexity index is 1170. The first-order valence-corrected chi connectivity index (χ1v) is 10.0. The zero-order valence-electron chi connectivity index (χ0n) is 16.0. The van der Waals surface area contributed by atoms with Crippen molar-refractivity contribution >= 4 is 34.5 Å². The summed E-state index contributed by atoms with van der Waals surface area (Å²) in [6.07, 6.45) is -3.35. The number of alkyl halides is 3. The Balaban J connectivity index is 1.59. The predicted molar refractivity (Wildman–Crippen MR) is 107 cm³/mol. The lowest BCUT2D eigenvalue weighted by Gasteiger charge is -2.25. The van der Waals surface area contributed by atoms with Crippen LogP contribution in [-0.2, 0) is 11.0 Å². The van der Waals surface area contributed by atoms with E-state index < -0.39 is 23.0 Å². The molecule has 0 aliphatic carbocycles. The van der Waals surface area contributed by atoms with E-state index >= 15 is 0 Å². The fourth-order valence-corrected chi connectivity index (χ4v) is 4.26. The van der Waals surface area contributed by atoms with Gasteiger partial charge < -0.3 is 4.74 Å². The maximum Gasteiger partial charge on any atom is 0.416 e. The van der Waals surface area contributed by atoms with Crippen molar-refractivity contribution in [1.29, 1.82) is 0 Å². The third kappa shape index (κ3) is 4.13. The van der Waals surface area contributed by atoms with Crippen LogP contribution >= 0.6 is 11.8 Å². The van der Waals surface area contributed by atoms with Gasteiger partial charge in [-0.3, -0.25) is 15.0 Å². The number of methoxy groups -OCH3 is 1. The smallest absolute Gasteiger partial charge is 0.416 e. The summed E-state index contributed by atoms with van der Waals surface area (Å²) in [4.78, 5) is 33.0. The Labute approximate surface area is 178 Å². The molecule has 0 spiro atoms. The molecule has 0 radical (unpaired) electrons. The number of amides is 2. The average Bonchev–Trinajstić information content (AvgIpc) is 3.12. The monoisotopic (exact) mass is 448 g/mol. The normalized spacial score (nSPS) is 16.6. The second-order valence-electron chi connectivity index (χ2n) is 6.57. The number of thioether (sulfide) groups is 1. The van der Waals surface area contributed by atoms with Gasteiger partial charge in [-0.2, -0.15) is 13.2 Å². The van der Waals surface area contributed by atoms with E-state index in [1.807, 2.05) is 0 Å².